The molecule has 0 saturated carbocycles. The van der Waals surface area contributed by atoms with E-state index < -0.39 is 6.09 Å². The van der Waals surface area contributed by atoms with Gasteiger partial charge in [-0.25, -0.2) is 9.59 Å². The van der Waals surface area contributed by atoms with Crippen LogP contribution in [0.2, 0.25) is 0 Å². The predicted molar refractivity (Wildman–Crippen MR) is 207 cm³/mol. The molecule has 7 nitrogen and oxygen atoms in total. The summed E-state index contributed by atoms with van der Waals surface area (Å²) in [5, 5.41) is 12.4. The first-order valence-electron chi connectivity index (χ1n) is 17.7. The molecule has 268 valence electrons. The Morgan fingerprint density at radius 2 is 0.959 bits per heavy atom. The first kappa shape index (κ1) is 39.6. The van der Waals surface area contributed by atoms with Gasteiger partial charge in [0.05, 0.1) is 6.61 Å². The number of carbonyl (C=O) groups excluding carboxylic acids is 2. The van der Waals surface area contributed by atoms with Crippen LogP contribution in [0, 0.1) is 0 Å². The lowest BCUT2D eigenvalue weighted by molar-refractivity contribution is 0.159. The van der Waals surface area contributed by atoms with E-state index in [1.165, 1.54) is 22.3 Å². The van der Waals surface area contributed by atoms with Gasteiger partial charge in [-0.2, -0.15) is 0 Å². The lowest BCUT2D eigenvalue weighted by Crippen LogP contribution is -2.22. The van der Waals surface area contributed by atoms with Gasteiger partial charge in [-0.05, 0) is 112 Å². The van der Waals surface area contributed by atoms with Crippen LogP contribution in [-0.2, 0) is 32.9 Å². The number of urea groups is 1. The number of nitrogens with one attached hydrogen (secondary N) is 4. The first-order chi connectivity index (χ1) is 22.6. The van der Waals surface area contributed by atoms with E-state index in [1.807, 2.05) is 36.4 Å². The number of hydrogen-bond acceptors (Lipinski definition) is 4. The monoisotopic (exact) mass is 670 g/mol. The zero-order chi connectivity index (χ0) is 36.6. The van der Waals surface area contributed by atoms with Crippen LogP contribution in [0.5, 0.6) is 0 Å². The molecule has 0 fully saturated rings. The van der Waals surface area contributed by atoms with Crippen LogP contribution in [0.1, 0.15) is 130 Å². The Bertz CT molecular complexity index is 1480. The van der Waals surface area contributed by atoms with Gasteiger partial charge in [0.1, 0.15) is 0 Å². The summed E-state index contributed by atoms with van der Waals surface area (Å²) in [7, 11) is 0. The maximum atomic E-state index is 12.9. The van der Waals surface area contributed by atoms with Gasteiger partial charge < -0.3 is 20.7 Å². The third-order valence-corrected chi connectivity index (χ3v) is 8.61. The summed E-state index contributed by atoms with van der Waals surface area (Å²) in [6.07, 6.45) is 2.34. The van der Waals surface area contributed by atoms with Gasteiger partial charge in [-0.1, -0.05) is 107 Å². The summed E-state index contributed by atoms with van der Waals surface area (Å²) in [4.78, 5) is 25.4. The molecule has 0 spiro atoms. The van der Waals surface area contributed by atoms with E-state index in [2.05, 4.69) is 129 Å². The summed E-state index contributed by atoms with van der Waals surface area (Å²) in [6.45, 7) is 28.2. The van der Waals surface area contributed by atoms with E-state index in [1.54, 1.807) is 0 Å². The Kier molecular flexibility index (Phi) is 13.1. The smallest absolute Gasteiger partial charge is 0.411 e. The molecule has 0 aliphatic carbocycles. The quantitative estimate of drug-likeness (QED) is 0.153. The predicted octanol–water partition coefficient (Wildman–Crippen LogP) is 11.0. The lowest BCUT2D eigenvalue weighted by atomic mass is 9.80. The van der Waals surface area contributed by atoms with Crippen molar-refractivity contribution < 1.29 is 14.3 Å². The summed E-state index contributed by atoms with van der Waals surface area (Å²) in [5.41, 5.74) is 8.11. The number of amides is 3. The normalized spacial score (nSPS) is 12.4. The average Bonchev–Trinajstić information content (AvgIpc) is 2.97. The van der Waals surface area contributed by atoms with Crippen LogP contribution < -0.4 is 21.3 Å². The SMILES string of the molecule is CC(C)(C)c1cc(NC(=O)Nc2ccc(CNCCCCCOC(=O)Nc3cc(C(C)(C)C)cc(C(C)(C)C)c3)cc2)cc(C(C)(C)C)c1. The van der Waals surface area contributed by atoms with Gasteiger partial charge in [0, 0.05) is 23.6 Å². The summed E-state index contributed by atoms with van der Waals surface area (Å²) >= 11 is 0. The van der Waals surface area contributed by atoms with E-state index in [0.717, 1.165) is 55.0 Å². The fourth-order valence-corrected chi connectivity index (χ4v) is 5.21. The molecule has 3 aromatic rings. The number of ether oxygens (including phenoxy) is 1. The first-order valence-corrected chi connectivity index (χ1v) is 17.7. The molecule has 0 aliphatic rings. The van der Waals surface area contributed by atoms with E-state index >= 15 is 0 Å². The molecular formula is C42H62N4O3. The number of benzene rings is 3. The Morgan fingerprint density at radius 1 is 0.531 bits per heavy atom. The number of unbranched alkanes of at least 4 members (excludes halogenated alkanes) is 2. The Balaban J connectivity index is 1.36. The molecule has 3 rings (SSSR count). The molecule has 49 heavy (non-hydrogen) atoms. The Hall–Kier alpha value is -3.84. The highest BCUT2D eigenvalue weighted by Crippen LogP contribution is 2.33. The lowest BCUT2D eigenvalue weighted by Gasteiger charge is -2.26. The summed E-state index contributed by atoms with van der Waals surface area (Å²) in [6, 6.07) is 20.3. The highest BCUT2D eigenvalue weighted by molar-refractivity contribution is 5.99. The van der Waals surface area contributed by atoms with Crippen LogP contribution in [0.3, 0.4) is 0 Å². The second kappa shape index (κ2) is 16.2. The molecule has 0 unspecified atom stereocenters. The summed E-state index contributed by atoms with van der Waals surface area (Å²) in [5.74, 6) is 0. The highest BCUT2D eigenvalue weighted by atomic mass is 16.5. The molecule has 0 radical (unpaired) electrons. The van der Waals surface area contributed by atoms with Gasteiger partial charge in [0.2, 0.25) is 0 Å². The number of hydrogen-bond donors (Lipinski definition) is 4. The van der Waals surface area contributed by atoms with Crippen molar-refractivity contribution in [1.82, 2.24) is 5.32 Å². The fourth-order valence-electron chi connectivity index (χ4n) is 5.21. The molecule has 0 aromatic heterocycles. The van der Waals surface area contributed by atoms with Crippen molar-refractivity contribution in [3.05, 3.63) is 88.5 Å². The minimum atomic E-state index is -0.413. The van der Waals surface area contributed by atoms with E-state index in [9.17, 15) is 9.59 Å². The largest absolute Gasteiger partial charge is 0.449 e. The van der Waals surface area contributed by atoms with Crippen molar-refractivity contribution in [3.8, 4) is 0 Å². The number of anilines is 3. The van der Waals surface area contributed by atoms with Crippen molar-refractivity contribution in [2.24, 2.45) is 0 Å². The van der Waals surface area contributed by atoms with Crippen molar-refractivity contribution in [2.75, 3.05) is 29.1 Å². The third-order valence-electron chi connectivity index (χ3n) is 8.61. The van der Waals surface area contributed by atoms with E-state index in [4.69, 9.17) is 4.74 Å². The average molecular weight is 671 g/mol. The van der Waals surface area contributed by atoms with Gasteiger partial charge in [0.25, 0.3) is 0 Å². The highest BCUT2D eigenvalue weighted by Gasteiger charge is 2.22. The summed E-state index contributed by atoms with van der Waals surface area (Å²) < 4.78 is 5.48. The van der Waals surface area contributed by atoms with Crippen molar-refractivity contribution >= 4 is 29.2 Å². The zero-order valence-corrected chi connectivity index (χ0v) is 32.2. The Labute approximate surface area is 296 Å². The van der Waals surface area contributed by atoms with Crippen molar-refractivity contribution in [3.63, 3.8) is 0 Å². The number of rotatable bonds is 11. The Morgan fingerprint density at radius 3 is 1.41 bits per heavy atom. The maximum absolute atomic E-state index is 12.9. The van der Waals surface area contributed by atoms with Gasteiger partial charge >= 0.3 is 12.1 Å². The van der Waals surface area contributed by atoms with Crippen LogP contribution in [0.25, 0.3) is 0 Å². The number of carbonyl (C=O) groups is 2. The minimum absolute atomic E-state index is 0.0223. The molecule has 3 aromatic carbocycles. The maximum Gasteiger partial charge on any atom is 0.411 e. The molecular weight excluding hydrogens is 608 g/mol. The zero-order valence-electron chi connectivity index (χ0n) is 32.2. The minimum Gasteiger partial charge on any atom is -0.449 e. The topological polar surface area (TPSA) is 91.5 Å². The van der Waals surface area contributed by atoms with Crippen LogP contribution >= 0.6 is 0 Å². The molecule has 7 heteroatoms. The van der Waals surface area contributed by atoms with Crippen LogP contribution in [0.4, 0.5) is 26.7 Å². The fraction of sp³-hybridized carbons (Fsp3) is 0.524. The van der Waals surface area contributed by atoms with Crippen molar-refractivity contribution in [2.45, 2.75) is 131 Å². The molecule has 3 amide bonds. The van der Waals surface area contributed by atoms with Crippen molar-refractivity contribution in [1.29, 1.82) is 0 Å². The van der Waals surface area contributed by atoms with Gasteiger partial charge in [0.15, 0.2) is 0 Å². The van der Waals surface area contributed by atoms with Gasteiger partial charge in [-0.3, -0.25) is 5.32 Å². The second-order valence-electron chi connectivity index (χ2n) is 17.4. The van der Waals surface area contributed by atoms with Gasteiger partial charge in [-0.15, -0.1) is 0 Å². The second-order valence-corrected chi connectivity index (χ2v) is 17.4. The van der Waals surface area contributed by atoms with E-state index in [-0.39, 0.29) is 27.7 Å². The van der Waals surface area contributed by atoms with Crippen LogP contribution in [0.15, 0.2) is 60.7 Å². The molecule has 0 aliphatic heterocycles. The molecule has 4 N–H and O–H groups in total. The third kappa shape index (κ3) is 13.2. The molecule has 0 atom stereocenters. The standard InChI is InChI=1S/C42H62N4O3/c1-39(2,3)30-22-31(40(4,5)6)25-35(24-30)45-37(47)44-34-18-16-29(17-19-34)28-43-20-14-13-15-21-49-38(48)46-36-26-32(41(7,8)9)23-33(27-36)42(10,11)12/h16-19,22-27,43H,13-15,20-21,28H2,1-12H3,(H,46,48)(H2,44,45,47). The van der Waals surface area contributed by atoms with Crippen LogP contribution in [-0.4, -0.2) is 25.3 Å². The van der Waals surface area contributed by atoms with E-state index in [0.29, 0.717) is 6.61 Å². The molecule has 0 saturated heterocycles. The molecule has 0 heterocycles. The molecule has 0 bridgehead atoms.